The fourth-order valence-corrected chi connectivity index (χ4v) is 10.5. The van der Waals surface area contributed by atoms with E-state index in [0.29, 0.717) is 11.1 Å². The Balaban J connectivity index is 1.20. The van der Waals surface area contributed by atoms with Gasteiger partial charge < -0.3 is 4.90 Å². The third-order valence-corrected chi connectivity index (χ3v) is 13.5. The van der Waals surface area contributed by atoms with E-state index < -0.39 is 18.5 Å². The van der Waals surface area contributed by atoms with Gasteiger partial charge >= 0.3 is 0 Å². The largest absolute Gasteiger partial charge is 0.310 e. The molecule has 11 rings (SSSR count). The first-order valence-electron chi connectivity index (χ1n) is 24.5. The van der Waals surface area contributed by atoms with Crippen molar-refractivity contribution < 1.29 is 8.22 Å². The SMILES string of the molecule is [2H]C([2H])=C([2H])c1ccc(C2(c3ccc(C([2H])=C([2H])[2H])cc3)c3ccccc3-c3ccc(N(c4ccc5c(c4)C(C)(C)c4ccccc4-5)c4ccc(-c5ccccc5)cc4-c4ccccc4)cc32)cc1. The number of benzene rings is 9. The highest BCUT2D eigenvalue weighted by Crippen LogP contribution is 2.58. The summed E-state index contributed by atoms with van der Waals surface area (Å²) in [7, 11) is 0. The molecule has 9 aromatic carbocycles. The predicted molar refractivity (Wildman–Crippen MR) is 267 cm³/mol. The predicted octanol–water partition coefficient (Wildman–Crippen LogP) is 16.4. The first kappa shape index (κ1) is 32.0. The molecule has 0 bridgehead atoms. The molecule has 0 radical (unpaired) electrons. The van der Waals surface area contributed by atoms with Crippen LogP contribution in [0.4, 0.5) is 17.1 Å². The highest BCUT2D eigenvalue weighted by molar-refractivity contribution is 5.95. The Kier molecular flexibility index (Phi) is 7.63. The summed E-state index contributed by atoms with van der Waals surface area (Å²) in [5.41, 5.74) is 18.3. The molecular formula is C62H47N. The van der Waals surface area contributed by atoms with Crippen molar-refractivity contribution in [3.05, 3.63) is 270 Å². The summed E-state index contributed by atoms with van der Waals surface area (Å²) in [5.74, 6) is 0. The Morgan fingerprint density at radius 1 is 0.413 bits per heavy atom. The first-order chi connectivity index (χ1) is 33.5. The average molecular weight is 812 g/mol. The molecule has 63 heavy (non-hydrogen) atoms. The van der Waals surface area contributed by atoms with Gasteiger partial charge in [0.1, 0.15) is 0 Å². The van der Waals surface area contributed by atoms with Gasteiger partial charge in [-0.1, -0.05) is 215 Å². The average Bonchev–Trinajstić information content (AvgIpc) is 3.81. The van der Waals surface area contributed by atoms with Crippen molar-refractivity contribution in [3.63, 3.8) is 0 Å². The fraction of sp³-hybridized carbons (Fsp3) is 0.0645. The van der Waals surface area contributed by atoms with Crippen LogP contribution in [-0.2, 0) is 10.8 Å². The normalized spacial score (nSPS) is 14.8. The smallest absolute Gasteiger partial charge is 0.0714 e. The molecule has 0 aromatic heterocycles. The standard InChI is InChI=1S/C62H47N/c1-5-42-25-30-47(31-26-42)62(48-32-27-43(6-2)28-33-48)57-24-16-14-22-52(57)54-37-35-50(41-59(54)62)63(49-34-36-53-51-21-13-15-23-56(51)61(3,4)58(53)40-49)60-38-29-46(44-17-9-7-10-18-44)39-55(60)45-19-11-8-12-20-45/h5-41H,1-2H2,3-4H3/i1D2,2D2,5D,6D. The zero-order chi connectivity index (χ0) is 47.6. The van der Waals surface area contributed by atoms with E-state index in [9.17, 15) is 0 Å². The van der Waals surface area contributed by atoms with Crippen LogP contribution in [0.25, 0.3) is 56.6 Å². The van der Waals surface area contributed by atoms with Crippen LogP contribution in [0, 0.1) is 0 Å². The van der Waals surface area contributed by atoms with Crippen molar-refractivity contribution in [1.29, 1.82) is 0 Å². The van der Waals surface area contributed by atoms with Gasteiger partial charge in [-0.15, -0.1) is 0 Å². The van der Waals surface area contributed by atoms with E-state index >= 15 is 0 Å². The Morgan fingerprint density at radius 2 is 0.905 bits per heavy atom. The Bertz CT molecular complexity index is 3450. The van der Waals surface area contributed by atoms with Gasteiger partial charge in [0.15, 0.2) is 0 Å². The summed E-state index contributed by atoms with van der Waals surface area (Å²) in [4.78, 5) is 2.40. The van der Waals surface area contributed by atoms with Crippen LogP contribution in [0.2, 0.25) is 0 Å². The van der Waals surface area contributed by atoms with Gasteiger partial charge in [-0.25, -0.2) is 0 Å². The van der Waals surface area contributed by atoms with Crippen molar-refractivity contribution in [2.24, 2.45) is 0 Å². The van der Waals surface area contributed by atoms with Gasteiger partial charge in [-0.3, -0.25) is 0 Å². The second-order valence-corrected chi connectivity index (χ2v) is 17.1. The number of nitrogens with zero attached hydrogens (tertiary/aromatic N) is 1. The van der Waals surface area contributed by atoms with Gasteiger partial charge in [-0.2, -0.15) is 0 Å². The highest BCUT2D eigenvalue weighted by Gasteiger charge is 2.46. The molecule has 2 aliphatic carbocycles. The second kappa shape index (κ2) is 15.0. The van der Waals surface area contributed by atoms with Gasteiger partial charge in [0.05, 0.1) is 19.3 Å². The molecule has 9 aromatic rings. The van der Waals surface area contributed by atoms with Crippen LogP contribution in [0.3, 0.4) is 0 Å². The van der Waals surface area contributed by atoms with Crippen molar-refractivity contribution >= 4 is 29.2 Å². The van der Waals surface area contributed by atoms with Crippen LogP contribution in [-0.4, -0.2) is 0 Å². The number of hydrogen-bond donors (Lipinski definition) is 0. The summed E-state index contributed by atoms with van der Waals surface area (Å²) in [6, 6.07) is 73.8. The van der Waals surface area contributed by atoms with Crippen LogP contribution in [0.15, 0.2) is 225 Å². The van der Waals surface area contributed by atoms with Gasteiger partial charge in [-0.05, 0) is 120 Å². The monoisotopic (exact) mass is 811 g/mol. The van der Waals surface area contributed by atoms with Crippen LogP contribution >= 0.6 is 0 Å². The van der Waals surface area contributed by atoms with E-state index in [1.165, 1.54) is 22.3 Å². The van der Waals surface area contributed by atoms with E-state index in [-0.39, 0.29) is 17.5 Å². The zero-order valence-electron chi connectivity index (χ0n) is 41.2. The highest BCUT2D eigenvalue weighted by atomic mass is 15.1. The van der Waals surface area contributed by atoms with E-state index in [4.69, 9.17) is 8.22 Å². The summed E-state index contributed by atoms with van der Waals surface area (Å²) >= 11 is 0. The Labute approximate surface area is 380 Å². The molecule has 1 nitrogen and oxygen atoms in total. The Hall–Kier alpha value is -7.74. The van der Waals surface area contributed by atoms with E-state index in [2.05, 4.69) is 176 Å². The molecule has 0 spiro atoms. The molecule has 0 heterocycles. The minimum absolute atomic E-state index is 0.158. The number of hydrogen-bond acceptors (Lipinski definition) is 1. The third kappa shape index (κ3) is 5.99. The van der Waals surface area contributed by atoms with Crippen molar-refractivity contribution in [2.45, 2.75) is 24.7 Å². The number of rotatable bonds is 9. The summed E-state index contributed by atoms with van der Waals surface area (Å²) < 4.78 is 48.8. The molecule has 0 saturated heterocycles. The minimum atomic E-state index is -0.918. The van der Waals surface area contributed by atoms with Crippen LogP contribution in [0.1, 0.15) is 66.6 Å². The minimum Gasteiger partial charge on any atom is -0.310 e. The van der Waals surface area contributed by atoms with Gasteiger partial charge in [0.2, 0.25) is 0 Å². The van der Waals surface area contributed by atoms with Crippen molar-refractivity contribution in [1.82, 2.24) is 0 Å². The zero-order valence-corrected chi connectivity index (χ0v) is 35.2. The number of fused-ring (bicyclic) bond motifs is 6. The van der Waals surface area contributed by atoms with Crippen LogP contribution < -0.4 is 4.90 Å². The van der Waals surface area contributed by atoms with Crippen molar-refractivity contribution in [2.75, 3.05) is 4.90 Å². The third-order valence-electron chi connectivity index (χ3n) is 13.5. The molecular weight excluding hydrogens is 759 g/mol. The first-order valence-corrected chi connectivity index (χ1v) is 21.5. The molecule has 0 unspecified atom stereocenters. The lowest BCUT2D eigenvalue weighted by Gasteiger charge is -2.35. The van der Waals surface area contributed by atoms with E-state index in [1.54, 1.807) is 0 Å². The lowest BCUT2D eigenvalue weighted by Crippen LogP contribution is -2.29. The van der Waals surface area contributed by atoms with Gasteiger partial charge in [0, 0.05) is 22.4 Å². The van der Waals surface area contributed by atoms with Gasteiger partial charge in [0.25, 0.3) is 0 Å². The topological polar surface area (TPSA) is 3.24 Å². The Morgan fingerprint density at radius 3 is 1.51 bits per heavy atom. The van der Waals surface area contributed by atoms with Crippen molar-refractivity contribution in [3.8, 4) is 44.5 Å². The lowest BCUT2D eigenvalue weighted by molar-refractivity contribution is 0.660. The maximum Gasteiger partial charge on any atom is 0.0714 e. The molecule has 0 aliphatic heterocycles. The summed E-state index contributed by atoms with van der Waals surface area (Å²) in [6.45, 7) is 3.52. The maximum atomic E-state index is 8.53. The van der Waals surface area contributed by atoms with E-state index in [1.807, 2.05) is 54.6 Å². The summed E-state index contributed by atoms with van der Waals surface area (Å²) in [6.07, 6.45) is 0. The second-order valence-electron chi connectivity index (χ2n) is 17.1. The molecule has 0 saturated carbocycles. The summed E-state index contributed by atoms with van der Waals surface area (Å²) in [5, 5.41) is 0. The molecule has 0 atom stereocenters. The molecule has 0 fully saturated rings. The molecule has 300 valence electrons. The molecule has 0 N–H and O–H groups in total. The quantitative estimate of drug-likeness (QED) is 0.140. The lowest BCUT2D eigenvalue weighted by atomic mass is 9.67. The fourth-order valence-electron chi connectivity index (χ4n) is 10.5. The molecule has 2 aliphatic rings. The number of anilines is 3. The van der Waals surface area contributed by atoms with E-state index in [0.717, 1.165) is 72.7 Å². The van der Waals surface area contributed by atoms with Crippen LogP contribution in [0.5, 0.6) is 0 Å². The maximum absolute atomic E-state index is 8.53. The molecule has 1 heteroatoms. The molecule has 0 amide bonds.